The molecule has 0 spiro atoms. The number of ether oxygens (including phenoxy) is 5. The summed E-state index contributed by atoms with van der Waals surface area (Å²) in [6.07, 6.45) is -5.90. The van der Waals surface area contributed by atoms with Gasteiger partial charge in [-0.2, -0.15) is 0 Å². The summed E-state index contributed by atoms with van der Waals surface area (Å²) in [4.78, 5) is 23.3. The molecule has 11 heteroatoms. The molecule has 0 amide bonds. The van der Waals surface area contributed by atoms with Crippen molar-refractivity contribution in [1.82, 2.24) is 4.57 Å². The van der Waals surface area contributed by atoms with Crippen molar-refractivity contribution in [2.24, 2.45) is 0 Å². The quantitative estimate of drug-likeness (QED) is 0.206. The Labute approximate surface area is 241 Å². The van der Waals surface area contributed by atoms with Crippen LogP contribution in [-0.4, -0.2) is 76.4 Å². The lowest BCUT2D eigenvalue weighted by atomic mass is 9.98. The fourth-order valence-electron chi connectivity index (χ4n) is 5.15. The Kier molecular flexibility index (Phi) is 8.93. The van der Waals surface area contributed by atoms with E-state index in [9.17, 15) is 24.9 Å². The number of aliphatic hydroxyl groups is 3. The molecule has 1 saturated heterocycles. The number of para-hydroxylation sites is 1. The largest absolute Gasteiger partial charge is 0.513 e. The molecule has 0 bridgehead atoms. The molecule has 0 radical (unpaired) electrons. The van der Waals surface area contributed by atoms with Gasteiger partial charge < -0.3 is 43.6 Å². The Hall–Kier alpha value is -4.16. The number of fused-ring (bicyclic) bond motifs is 2. The molecule has 42 heavy (non-hydrogen) atoms. The Morgan fingerprint density at radius 2 is 1.55 bits per heavy atom. The third-order valence-electron chi connectivity index (χ3n) is 7.15. The minimum atomic E-state index is -1.54. The molecule has 3 aromatic carbocycles. The third kappa shape index (κ3) is 6.19. The lowest BCUT2D eigenvalue weighted by Crippen LogP contribution is -2.56. The molecule has 1 fully saturated rings. The minimum absolute atomic E-state index is 0.122. The first-order chi connectivity index (χ1) is 20.3. The summed E-state index contributed by atoms with van der Waals surface area (Å²) in [5, 5.41) is 34.8. The molecule has 2 heterocycles. The van der Waals surface area contributed by atoms with Gasteiger partial charge in [0.25, 0.3) is 0 Å². The van der Waals surface area contributed by atoms with E-state index in [1.165, 1.54) is 0 Å². The Morgan fingerprint density at radius 3 is 2.33 bits per heavy atom. The van der Waals surface area contributed by atoms with E-state index >= 15 is 0 Å². The maximum atomic E-state index is 11.7. The molecule has 1 aliphatic rings. The molecule has 5 atom stereocenters. The summed E-state index contributed by atoms with van der Waals surface area (Å²) in [5.74, 6) is 0.390. The third-order valence-corrected chi connectivity index (χ3v) is 7.15. The van der Waals surface area contributed by atoms with Gasteiger partial charge in [-0.1, -0.05) is 42.5 Å². The summed E-state index contributed by atoms with van der Waals surface area (Å²) < 4.78 is 27.6. The van der Waals surface area contributed by atoms with Crippen LogP contribution in [0.2, 0.25) is 0 Å². The molecule has 4 aromatic rings. The SMILES string of the molecule is CCOC(=O)OC[C@H]1O[C@@H](n2cc(Cc3ccc4cc(OC(=O)OCC)ccc4c3)c3ccccc32)[C@H](O)[C@@H](O)[C@@H]1O. The van der Waals surface area contributed by atoms with E-state index in [1.807, 2.05) is 54.7 Å². The van der Waals surface area contributed by atoms with Crippen LogP contribution in [0.1, 0.15) is 31.2 Å². The molecular formula is C31H33NO10. The fourth-order valence-corrected chi connectivity index (χ4v) is 5.15. The van der Waals surface area contributed by atoms with Crippen LogP contribution in [-0.2, 0) is 25.4 Å². The van der Waals surface area contributed by atoms with Gasteiger partial charge in [0.2, 0.25) is 0 Å². The van der Waals surface area contributed by atoms with Gasteiger partial charge in [0, 0.05) is 11.6 Å². The minimum Gasteiger partial charge on any atom is -0.435 e. The lowest BCUT2D eigenvalue weighted by molar-refractivity contribution is -0.250. The monoisotopic (exact) mass is 579 g/mol. The van der Waals surface area contributed by atoms with Crippen molar-refractivity contribution in [3.05, 3.63) is 78.0 Å². The van der Waals surface area contributed by atoms with Gasteiger partial charge >= 0.3 is 12.3 Å². The Balaban J connectivity index is 1.40. The van der Waals surface area contributed by atoms with Crippen LogP contribution in [0.5, 0.6) is 5.75 Å². The van der Waals surface area contributed by atoms with Crippen molar-refractivity contribution in [2.75, 3.05) is 19.8 Å². The Morgan fingerprint density at radius 1 is 0.833 bits per heavy atom. The van der Waals surface area contributed by atoms with Crippen LogP contribution in [0.25, 0.3) is 21.7 Å². The van der Waals surface area contributed by atoms with Gasteiger partial charge in [-0.05, 0) is 60.4 Å². The molecule has 3 N–H and O–H groups in total. The van der Waals surface area contributed by atoms with E-state index in [0.717, 1.165) is 32.8 Å². The molecule has 0 saturated carbocycles. The fraction of sp³-hybridized carbons (Fsp3) is 0.355. The number of hydrogen-bond acceptors (Lipinski definition) is 10. The zero-order valence-electron chi connectivity index (χ0n) is 23.2. The molecule has 1 aliphatic heterocycles. The summed E-state index contributed by atoms with van der Waals surface area (Å²) in [5.41, 5.74) is 2.72. The van der Waals surface area contributed by atoms with E-state index in [2.05, 4.69) is 0 Å². The predicted octanol–water partition coefficient (Wildman–Crippen LogP) is 4.07. The van der Waals surface area contributed by atoms with Crippen LogP contribution in [0.4, 0.5) is 9.59 Å². The van der Waals surface area contributed by atoms with Crippen LogP contribution in [0.3, 0.4) is 0 Å². The molecular weight excluding hydrogens is 546 g/mol. The van der Waals surface area contributed by atoms with E-state index in [4.69, 9.17) is 23.7 Å². The smallest absolute Gasteiger partial charge is 0.435 e. The zero-order chi connectivity index (χ0) is 29.8. The van der Waals surface area contributed by atoms with Gasteiger partial charge in [-0.25, -0.2) is 9.59 Å². The highest BCUT2D eigenvalue weighted by Crippen LogP contribution is 2.34. The average Bonchev–Trinajstić information content (AvgIpc) is 3.34. The van der Waals surface area contributed by atoms with Crippen LogP contribution in [0.15, 0.2) is 66.9 Å². The van der Waals surface area contributed by atoms with Crippen molar-refractivity contribution >= 4 is 34.0 Å². The standard InChI is InChI=1S/C31H33NO10/c1-3-38-30(36)40-17-25-26(33)27(34)28(35)29(42-25)32-16-21(23-7-5-6-8-24(23)32)14-18-9-10-20-15-22(12-11-19(20)13-18)41-31(37)39-4-2/h5-13,15-16,25-29,33-35H,3-4,14,17H2,1-2H3/t25-,26-,27+,28-,29-/m1/s1. The second kappa shape index (κ2) is 12.8. The maximum absolute atomic E-state index is 11.7. The van der Waals surface area contributed by atoms with Crippen molar-refractivity contribution < 1.29 is 48.6 Å². The van der Waals surface area contributed by atoms with E-state index in [0.29, 0.717) is 12.2 Å². The van der Waals surface area contributed by atoms with Crippen LogP contribution in [0, 0.1) is 0 Å². The summed E-state index contributed by atoms with van der Waals surface area (Å²) in [6.45, 7) is 3.33. The normalized spacial score (nSPS) is 22.2. The van der Waals surface area contributed by atoms with Gasteiger partial charge in [-0.15, -0.1) is 0 Å². The number of rotatable bonds is 8. The topological polar surface area (TPSA) is 146 Å². The number of carbonyl (C=O) groups excluding carboxylic acids is 2. The van der Waals surface area contributed by atoms with Crippen molar-refractivity contribution in [3.63, 3.8) is 0 Å². The van der Waals surface area contributed by atoms with Gasteiger partial charge in [0.05, 0.1) is 18.7 Å². The zero-order valence-corrected chi connectivity index (χ0v) is 23.2. The molecule has 11 nitrogen and oxygen atoms in total. The highest BCUT2D eigenvalue weighted by molar-refractivity contribution is 5.87. The predicted molar refractivity (Wildman–Crippen MR) is 151 cm³/mol. The van der Waals surface area contributed by atoms with Crippen LogP contribution < -0.4 is 4.74 Å². The second-order valence-corrected chi connectivity index (χ2v) is 9.91. The summed E-state index contributed by atoms with van der Waals surface area (Å²) >= 11 is 0. The number of benzene rings is 3. The number of nitrogens with zero attached hydrogens (tertiary/aromatic N) is 1. The molecule has 0 unspecified atom stereocenters. The lowest BCUT2D eigenvalue weighted by Gasteiger charge is -2.41. The van der Waals surface area contributed by atoms with Crippen molar-refractivity contribution in [1.29, 1.82) is 0 Å². The maximum Gasteiger partial charge on any atom is 0.513 e. The molecule has 222 valence electrons. The van der Waals surface area contributed by atoms with E-state index in [-0.39, 0.29) is 19.8 Å². The van der Waals surface area contributed by atoms with Crippen LogP contribution >= 0.6 is 0 Å². The molecule has 1 aromatic heterocycles. The van der Waals surface area contributed by atoms with Gasteiger partial charge in [0.15, 0.2) is 6.23 Å². The highest BCUT2D eigenvalue weighted by Gasteiger charge is 2.45. The first-order valence-electron chi connectivity index (χ1n) is 13.7. The van der Waals surface area contributed by atoms with E-state index < -0.39 is 43.0 Å². The first-order valence-corrected chi connectivity index (χ1v) is 13.7. The molecule has 5 rings (SSSR count). The average molecular weight is 580 g/mol. The summed E-state index contributed by atoms with van der Waals surface area (Å²) in [7, 11) is 0. The van der Waals surface area contributed by atoms with E-state index in [1.54, 1.807) is 30.5 Å². The highest BCUT2D eigenvalue weighted by atomic mass is 16.7. The number of carbonyl (C=O) groups is 2. The molecule has 0 aliphatic carbocycles. The summed E-state index contributed by atoms with van der Waals surface area (Å²) in [6, 6.07) is 18.9. The van der Waals surface area contributed by atoms with Gasteiger partial charge in [-0.3, -0.25) is 0 Å². The van der Waals surface area contributed by atoms with Crippen molar-refractivity contribution in [2.45, 2.75) is 50.9 Å². The van der Waals surface area contributed by atoms with Gasteiger partial charge in [0.1, 0.15) is 36.8 Å². The Bertz CT molecular complexity index is 1570. The van der Waals surface area contributed by atoms with Crippen molar-refractivity contribution in [3.8, 4) is 5.75 Å². The number of aliphatic hydroxyl groups excluding tert-OH is 3. The first kappa shape index (κ1) is 29.3. The number of aromatic nitrogens is 1. The second-order valence-electron chi connectivity index (χ2n) is 9.91. The number of hydrogen-bond donors (Lipinski definition) is 3.